The van der Waals surface area contributed by atoms with Crippen molar-refractivity contribution in [2.75, 3.05) is 0 Å². The highest BCUT2D eigenvalue weighted by molar-refractivity contribution is 5.51. The maximum absolute atomic E-state index is 10.7. The van der Waals surface area contributed by atoms with Crippen molar-refractivity contribution in [3.8, 4) is 0 Å². The van der Waals surface area contributed by atoms with Gasteiger partial charge in [0.15, 0.2) is 0 Å². The van der Waals surface area contributed by atoms with Gasteiger partial charge in [-0.3, -0.25) is 0 Å². The number of rotatable bonds is 4. The smallest absolute Gasteiger partial charge is 0.122 e. The Morgan fingerprint density at radius 2 is 1.75 bits per heavy atom. The van der Waals surface area contributed by atoms with Crippen molar-refractivity contribution in [2.45, 2.75) is 71.3 Å². The first kappa shape index (κ1) is 13.7. The van der Waals surface area contributed by atoms with Crippen LogP contribution in [-0.4, -0.2) is 17.0 Å². The second-order valence-electron chi connectivity index (χ2n) is 6.36. The van der Waals surface area contributed by atoms with Crippen molar-refractivity contribution in [3.05, 3.63) is 0 Å². The number of aliphatic hydroxyl groups is 1. The zero-order chi connectivity index (χ0) is 12.2. The van der Waals surface area contributed by atoms with Gasteiger partial charge in [0.25, 0.3) is 0 Å². The zero-order valence-electron chi connectivity index (χ0n) is 11.0. The van der Waals surface area contributed by atoms with E-state index in [2.05, 4.69) is 0 Å². The van der Waals surface area contributed by atoms with E-state index in [0.717, 1.165) is 12.7 Å². The third-order valence-electron chi connectivity index (χ3n) is 4.17. The highest BCUT2D eigenvalue weighted by Gasteiger charge is 2.41. The van der Waals surface area contributed by atoms with Crippen LogP contribution >= 0.6 is 0 Å². The fourth-order valence-electron chi connectivity index (χ4n) is 2.70. The third-order valence-corrected chi connectivity index (χ3v) is 4.17. The molecule has 2 heteroatoms. The van der Waals surface area contributed by atoms with Gasteiger partial charge >= 0.3 is 0 Å². The topological polar surface area (TPSA) is 37.3 Å². The Balaban J connectivity index is 2.65. The van der Waals surface area contributed by atoms with Crippen LogP contribution < -0.4 is 0 Å². The standard InChI is InChI=1S/C14H26O2/c1-13(2,3)14(16,9-10-15)11-12-7-5-4-6-8-12/h10,12,16H,4-9,11H2,1-3H3. The van der Waals surface area contributed by atoms with E-state index in [9.17, 15) is 9.90 Å². The lowest BCUT2D eigenvalue weighted by Crippen LogP contribution is -2.45. The summed E-state index contributed by atoms with van der Waals surface area (Å²) in [6.07, 6.45) is 8.26. The summed E-state index contributed by atoms with van der Waals surface area (Å²) in [6.45, 7) is 6.08. The SMILES string of the molecule is CC(C)(C)C(O)(CC=O)CC1CCCCC1. The number of hydrogen-bond donors (Lipinski definition) is 1. The molecule has 0 spiro atoms. The molecule has 1 N–H and O–H groups in total. The monoisotopic (exact) mass is 226 g/mol. The molecular formula is C14H26O2. The Morgan fingerprint density at radius 3 is 2.19 bits per heavy atom. The first-order valence-electron chi connectivity index (χ1n) is 6.55. The van der Waals surface area contributed by atoms with Crippen LogP contribution in [0.25, 0.3) is 0 Å². The van der Waals surface area contributed by atoms with Crippen LogP contribution in [0.3, 0.4) is 0 Å². The van der Waals surface area contributed by atoms with Gasteiger partial charge in [-0.25, -0.2) is 0 Å². The quantitative estimate of drug-likeness (QED) is 0.747. The minimum absolute atomic E-state index is 0.217. The Kier molecular flexibility index (Phi) is 4.54. The Labute approximate surface area is 99.4 Å². The van der Waals surface area contributed by atoms with Crippen LogP contribution in [0.5, 0.6) is 0 Å². The molecule has 1 atom stereocenters. The number of aldehydes is 1. The van der Waals surface area contributed by atoms with Gasteiger partial charge in [-0.05, 0) is 17.8 Å². The van der Waals surface area contributed by atoms with Gasteiger partial charge in [0.2, 0.25) is 0 Å². The number of carbonyl (C=O) groups excluding carboxylic acids is 1. The van der Waals surface area contributed by atoms with Gasteiger partial charge in [-0.1, -0.05) is 52.9 Å². The van der Waals surface area contributed by atoms with Crippen LogP contribution in [0.2, 0.25) is 0 Å². The van der Waals surface area contributed by atoms with Crippen LogP contribution in [0.1, 0.15) is 65.7 Å². The van der Waals surface area contributed by atoms with E-state index in [1.165, 1.54) is 32.1 Å². The Morgan fingerprint density at radius 1 is 1.19 bits per heavy atom. The predicted octanol–water partition coefficient (Wildman–Crippen LogP) is 3.32. The molecule has 16 heavy (non-hydrogen) atoms. The Bertz CT molecular complexity index is 223. The average Bonchev–Trinajstić information content (AvgIpc) is 2.17. The lowest BCUT2D eigenvalue weighted by molar-refractivity contribution is -0.122. The second kappa shape index (κ2) is 5.31. The summed E-state index contributed by atoms with van der Waals surface area (Å²) in [6, 6.07) is 0. The Hall–Kier alpha value is -0.370. The van der Waals surface area contributed by atoms with E-state index in [1.54, 1.807) is 0 Å². The van der Waals surface area contributed by atoms with Crippen molar-refractivity contribution >= 4 is 6.29 Å². The highest BCUT2D eigenvalue weighted by Crippen LogP contribution is 2.41. The maximum Gasteiger partial charge on any atom is 0.122 e. The fourth-order valence-corrected chi connectivity index (χ4v) is 2.70. The number of carbonyl (C=O) groups is 1. The molecule has 0 heterocycles. The van der Waals surface area contributed by atoms with E-state index in [4.69, 9.17) is 0 Å². The first-order chi connectivity index (χ1) is 7.39. The molecule has 0 aliphatic heterocycles. The average molecular weight is 226 g/mol. The van der Waals surface area contributed by atoms with Crippen molar-refractivity contribution in [1.82, 2.24) is 0 Å². The molecule has 0 saturated heterocycles. The van der Waals surface area contributed by atoms with Crippen LogP contribution in [0, 0.1) is 11.3 Å². The second-order valence-corrected chi connectivity index (χ2v) is 6.36. The molecule has 0 aromatic heterocycles. The molecule has 0 aromatic carbocycles. The van der Waals surface area contributed by atoms with E-state index < -0.39 is 5.60 Å². The molecule has 2 nitrogen and oxygen atoms in total. The van der Waals surface area contributed by atoms with Gasteiger partial charge in [0.1, 0.15) is 6.29 Å². The molecule has 1 unspecified atom stereocenters. The maximum atomic E-state index is 10.7. The van der Waals surface area contributed by atoms with Gasteiger partial charge in [0.05, 0.1) is 5.60 Å². The van der Waals surface area contributed by atoms with Crippen LogP contribution in [0.4, 0.5) is 0 Å². The molecule has 0 bridgehead atoms. The fraction of sp³-hybridized carbons (Fsp3) is 0.929. The van der Waals surface area contributed by atoms with Crippen molar-refractivity contribution < 1.29 is 9.90 Å². The lowest BCUT2D eigenvalue weighted by atomic mass is 9.68. The summed E-state index contributed by atoms with van der Waals surface area (Å²) < 4.78 is 0. The van der Waals surface area contributed by atoms with E-state index in [1.807, 2.05) is 20.8 Å². The summed E-state index contributed by atoms with van der Waals surface area (Å²) in [5, 5.41) is 10.7. The van der Waals surface area contributed by atoms with Crippen LogP contribution in [-0.2, 0) is 4.79 Å². The largest absolute Gasteiger partial charge is 0.389 e. The molecule has 1 fully saturated rings. The summed E-state index contributed by atoms with van der Waals surface area (Å²) in [5.74, 6) is 0.609. The molecule has 1 aliphatic carbocycles. The predicted molar refractivity (Wildman–Crippen MR) is 66.3 cm³/mol. The van der Waals surface area contributed by atoms with E-state index in [0.29, 0.717) is 5.92 Å². The van der Waals surface area contributed by atoms with Gasteiger partial charge < -0.3 is 9.90 Å². The van der Waals surface area contributed by atoms with Gasteiger partial charge in [-0.2, -0.15) is 0 Å². The molecule has 1 rings (SSSR count). The van der Waals surface area contributed by atoms with E-state index >= 15 is 0 Å². The van der Waals surface area contributed by atoms with Gasteiger partial charge in [0, 0.05) is 6.42 Å². The molecule has 1 saturated carbocycles. The highest BCUT2D eigenvalue weighted by atomic mass is 16.3. The molecule has 0 aromatic rings. The lowest BCUT2D eigenvalue weighted by Gasteiger charge is -2.42. The van der Waals surface area contributed by atoms with Crippen molar-refractivity contribution in [1.29, 1.82) is 0 Å². The summed E-state index contributed by atoms with van der Waals surface area (Å²) in [5.41, 5.74) is -1.04. The zero-order valence-corrected chi connectivity index (χ0v) is 11.0. The summed E-state index contributed by atoms with van der Waals surface area (Å²) in [4.78, 5) is 10.7. The molecule has 0 amide bonds. The summed E-state index contributed by atoms with van der Waals surface area (Å²) >= 11 is 0. The number of hydrogen-bond acceptors (Lipinski definition) is 2. The molecular weight excluding hydrogens is 200 g/mol. The third kappa shape index (κ3) is 3.31. The van der Waals surface area contributed by atoms with Crippen molar-refractivity contribution in [2.24, 2.45) is 11.3 Å². The minimum Gasteiger partial charge on any atom is -0.389 e. The van der Waals surface area contributed by atoms with Crippen LogP contribution in [0.15, 0.2) is 0 Å². The van der Waals surface area contributed by atoms with Crippen molar-refractivity contribution in [3.63, 3.8) is 0 Å². The molecule has 1 aliphatic rings. The van der Waals surface area contributed by atoms with Gasteiger partial charge in [-0.15, -0.1) is 0 Å². The molecule has 0 radical (unpaired) electrons. The summed E-state index contributed by atoms with van der Waals surface area (Å²) in [7, 11) is 0. The normalized spacial score (nSPS) is 22.8. The molecule has 94 valence electrons. The first-order valence-corrected chi connectivity index (χ1v) is 6.55. The van der Waals surface area contributed by atoms with E-state index in [-0.39, 0.29) is 11.8 Å². The minimum atomic E-state index is -0.823.